The van der Waals surface area contributed by atoms with E-state index in [1.165, 1.54) is 14.2 Å². The molecule has 1 heterocycles. The van der Waals surface area contributed by atoms with Crippen molar-refractivity contribution in [1.29, 1.82) is 0 Å². The van der Waals surface area contributed by atoms with Crippen molar-refractivity contribution in [2.75, 3.05) is 20.0 Å². The average Bonchev–Trinajstić information content (AvgIpc) is 2.54. The van der Waals surface area contributed by atoms with E-state index in [9.17, 15) is 9.59 Å². The lowest BCUT2D eigenvalue weighted by molar-refractivity contribution is 0.0602. The molecule has 1 rings (SSSR count). The van der Waals surface area contributed by atoms with E-state index in [1.54, 1.807) is 0 Å². The fraction of sp³-hybridized carbons (Fsp3) is 0.250. The molecule has 0 unspecified atom stereocenters. The predicted octanol–water partition coefficient (Wildman–Crippen LogP) is 0.824. The molecule has 0 fully saturated rings. The molecule has 0 saturated heterocycles. The quantitative estimate of drug-likeness (QED) is 0.747. The van der Waals surface area contributed by atoms with E-state index >= 15 is 0 Å². The fourth-order valence-electron chi connectivity index (χ4n) is 1.02. The number of hydrogen-bond acceptors (Lipinski definition) is 6. The van der Waals surface area contributed by atoms with E-state index in [2.05, 4.69) is 4.74 Å². The summed E-state index contributed by atoms with van der Waals surface area (Å²) >= 11 is 0.727. The highest BCUT2D eigenvalue weighted by atomic mass is 32.1. The molecule has 15 heavy (non-hydrogen) atoms. The van der Waals surface area contributed by atoms with E-state index in [-0.39, 0.29) is 21.2 Å². The molecule has 0 aliphatic carbocycles. The van der Waals surface area contributed by atoms with Crippen LogP contribution in [0.25, 0.3) is 0 Å². The van der Waals surface area contributed by atoms with Gasteiger partial charge in [0, 0.05) is 0 Å². The number of aromatic carboxylic acids is 1. The molecule has 1 aromatic rings. The Morgan fingerprint density at radius 3 is 2.33 bits per heavy atom. The minimum absolute atomic E-state index is 0.0456. The van der Waals surface area contributed by atoms with Crippen LogP contribution in [0.2, 0.25) is 0 Å². The lowest BCUT2D eigenvalue weighted by Gasteiger charge is -2.00. The number of anilines is 1. The van der Waals surface area contributed by atoms with Gasteiger partial charge in [-0.3, -0.25) is 0 Å². The molecule has 7 heteroatoms. The van der Waals surface area contributed by atoms with E-state index in [4.69, 9.17) is 15.6 Å². The predicted molar refractivity (Wildman–Crippen MR) is 53.6 cm³/mol. The highest BCUT2D eigenvalue weighted by Gasteiger charge is 2.25. The summed E-state index contributed by atoms with van der Waals surface area (Å²) in [7, 11) is 2.49. The maximum Gasteiger partial charge on any atom is 0.352 e. The van der Waals surface area contributed by atoms with Crippen molar-refractivity contribution in [2.24, 2.45) is 0 Å². The molecule has 6 nitrogen and oxygen atoms in total. The molecule has 1 aromatic heterocycles. The molecular weight excluding hydrogens is 222 g/mol. The number of carboxylic acids is 1. The van der Waals surface area contributed by atoms with Gasteiger partial charge in [0.15, 0.2) is 10.6 Å². The first-order chi connectivity index (χ1) is 7.02. The van der Waals surface area contributed by atoms with Crippen LogP contribution in [0.15, 0.2) is 0 Å². The summed E-state index contributed by atoms with van der Waals surface area (Å²) in [4.78, 5) is 21.9. The van der Waals surface area contributed by atoms with Gasteiger partial charge in [-0.2, -0.15) is 0 Å². The molecule has 0 atom stereocenters. The zero-order valence-electron chi connectivity index (χ0n) is 8.07. The van der Waals surface area contributed by atoms with Crippen LogP contribution in [0.4, 0.5) is 5.69 Å². The topological polar surface area (TPSA) is 98.9 Å². The van der Waals surface area contributed by atoms with Crippen molar-refractivity contribution < 1.29 is 24.2 Å². The van der Waals surface area contributed by atoms with Gasteiger partial charge in [-0.05, 0) is 0 Å². The first-order valence-electron chi connectivity index (χ1n) is 3.80. The first-order valence-corrected chi connectivity index (χ1v) is 4.62. The highest BCUT2D eigenvalue weighted by molar-refractivity contribution is 7.16. The van der Waals surface area contributed by atoms with Gasteiger partial charge in [-0.25, -0.2) is 9.59 Å². The van der Waals surface area contributed by atoms with Crippen LogP contribution in [0.5, 0.6) is 5.75 Å². The number of carbonyl (C=O) groups is 2. The molecule has 0 bridgehead atoms. The Balaban J connectivity index is 3.34. The number of carbonyl (C=O) groups excluding carboxylic acids is 1. The Kier molecular flexibility index (Phi) is 3.15. The largest absolute Gasteiger partial charge is 0.493 e. The molecule has 0 saturated carbocycles. The van der Waals surface area contributed by atoms with Crippen molar-refractivity contribution in [2.45, 2.75) is 0 Å². The monoisotopic (exact) mass is 231 g/mol. The van der Waals surface area contributed by atoms with Gasteiger partial charge >= 0.3 is 11.9 Å². The summed E-state index contributed by atoms with van der Waals surface area (Å²) in [5, 5.41) is 8.78. The van der Waals surface area contributed by atoms with E-state index < -0.39 is 11.9 Å². The Hall–Kier alpha value is -1.76. The molecule has 0 aliphatic heterocycles. The number of nitrogens with two attached hydrogens (primary N) is 1. The number of methoxy groups -OCH3 is 2. The van der Waals surface area contributed by atoms with Crippen molar-refractivity contribution in [3.63, 3.8) is 0 Å². The van der Waals surface area contributed by atoms with Crippen molar-refractivity contribution in [3.8, 4) is 5.75 Å². The molecule has 0 amide bonds. The number of thiophene rings is 1. The molecule has 0 aromatic carbocycles. The van der Waals surface area contributed by atoms with Crippen LogP contribution in [-0.4, -0.2) is 31.3 Å². The summed E-state index contributed by atoms with van der Waals surface area (Å²) < 4.78 is 9.32. The van der Waals surface area contributed by atoms with Crippen molar-refractivity contribution in [3.05, 3.63) is 9.75 Å². The minimum Gasteiger partial charge on any atom is -0.493 e. The van der Waals surface area contributed by atoms with E-state index in [0.717, 1.165) is 11.3 Å². The maximum atomic E-state index is 11.2. The number of nitrogen functional groups attached to an aromatic ring is 1. The second-order valence-corrected chi connectivity index (χ2v) is 3.52. The van der Waals surface area contributed by atoms with Gasteiger partial charge in [0.1, 0.15) is 10.6 Å². The average molecular weight is 231 g/mol. The van der Waals surface area contributed by atoms with Gasteiger partial charge in [0.2, 0.25) is 0 Å². The lowest BCUT2D eigenvalue weighted by Crippen LogP contribution is -2.01. The summed E-state index contributed by atoms with van der Waals surface area (Å²) in [5.41, 5.74) is 5.45. The normalized spacial score (nSPS) is 9.73. The third kappa shape index (κ3) is 1.86. The zero-order chi connectivity index (χ0) is 11.6. The Morgan fingerprint density at radius 2 is 1.93 bits per heavy atom. The second kappa shape index (κ2) is 4.18. The van der Waals surface area contributed by atoms with Gasteiger partial charge < -0.3 is 20.3 Å². The van der Waals surface area contributed by atoms with Crippen LogP contribution in [0, 0.1) is 0 Å². The number of rotatable bonds is 3. The van der Waals surface area contributed by atoms with Gasteiger partial charge in [0.05, 0.1) is 14.2 Å². The number of ether oxygens (including phenoxy) is 2. The van der Waals surface area contributed by atoms with Crippen molar-refractivity contribution in [1.82, 2.24) is 0 Å². The first kappa shape index (κ1) is 11.3. The molecule has 0 spiro atoms. The number of hydrogen-bond donors (Lipinski definition) is 2. The maximum absolute atomic E-state index is 11.2. The molecular formula is C8H9NO5S. The van der Waals surface area contributed by atoms with Gasteiger partial charge in [0.25, 0.3) is 0 Å². The Morgan fingerprint density at radius 1 is 1.33 bits per heavy atom. The summed E-state index contributed by atoms with van der Waals surface area (Å²) in [5.74, 6) is -1.83. The molecule has 0 aliphatic rings. The summed E-state index contributed by atoms with van der Waals surface area (Å²) in [6.07, 6.45) is 0. The SMILES string of the molecule is COC(=O)c1sc(C(=O)O)c(N)c1OC. The van der Waals surface area contributed by atoms with Gasteiger partial charge in [-0.1, -0.05) is 0 Å². The fourth-order valence-corrected chi connectivity index (χ4v) is 1.96. The molecule has 3 N–H and O–H groups in total. The number of esters is 1. The van der Waals surface area contributed by atoms with Crippen LogP contribution in [0.1, 0.15) is 19.3 Å². The Bertz CT molecular complexity index is 411. The van der Waals surface area contributed by atoms with Crippen LogP contribution < -0.4 is 10.5 Å². The highest BCUT2D eigenvalue weighted by Crippen LogP contribution is 2.38. The zero-order valence-corrected chi connectivity index (χ0v) is 8.88. The van der Waals surface area contributed by atoms with E-state index in [0.29, 0.717) is 0 Å². The van der Waals surface area contributed by atoms with Crippen LogP contribution in [0.3, 0.4) is 0 Å². The molecule has 0 radical (unpaired) electrons. The van der Waals surface area contributed by atoms with Crippen molar-refractivity contribution >= 4 is 29.0 Å². The summed E-state index contributed by atoms with van der Waals surface area (Å²) in [6.45, 7) is 0. The summed E-state index contributed by atoms with van der Waals surface area (Å²) in [6, 6.07) is 0. The van der Waals surface area contributed by atoms with Crippen LogP contribution in [-0.2, 0) is 4.74 Å². The number of carboxylic acid groups (broad SMARTS) is 1. The Labute approximate surface area is 89.2 Å². The third-order valence-corrected chi connectivity index (χ3v) is 2.82. The van der Waals surface area contributed by atoms with Crippen LogP contribution >= 0.6 is 11.3 Å². The van der Waals surface area contributed by atoms with E-state index in [1.807, 2.05) is 0 Å². The standard InChI is InChI=1S/C8H9NO5S/c1-13-4-3(9)5(7(10)11)15-6(4)8(12)14-2/h9H2,1-2H3,(H,10,11). The second-order valence-electron chi connectivity index (χ2n) is 2.50. The smallest absolute Gasteiger partial charge is 0.352 e. The molecule has 82 valence electrons. The third-order valence-electron chi connectivity index (χ3n) is 1.67. The minimum atomic E-state index is -1.20. The van der Waals surface area contributed by atoms with Gasteiger partial charge in [-0.15, -0.1) is 11.3 Å². The lowest BCUT2D eigenvalue weighted by atomic mass is 10.3.